The number of hydrogen-bond donors (Lipinski definition) is 1. The van der Waals surface area contributed by atoms with Crippen LogP contribution in [0.5, 0.6) is 0 Å². The Morgan fingerprint density at radius 3 is 2.40 bits per heavy atom. The van der Waals surface area contributed by atoms with E-state index in [4.69, 9.17) is 11.6 Å². The van der Waals surface area contributed by atoms with Crippen LogP contribution in [0, 0.1) is 29.4 Å². The second-order valence-electron chi connectivity index (χ2n) is 6.01. The van der Waals surface area contributed by atoms with Crippen molar-refractivity contribution < 1.29 is 8.78 Å². The maximum atomic E-state index is 13.6. The van der Waals surface area contributed by atoms with Crippen molar-refractivity contribution in [2.75, 3.05) is 6.54 Å². The molecule has 1 nitrogen and oxygen atoms in total. The minimum Gasteiger partial charge on any atom is -0.310 e. The molecule has 110 valence electrons. The Morgan fingerprint density at radius 2 is 1.80 bits per heavy atom. The van der Waals surface area contributed by atoms with Gasteiger partial charge in [-0.1, -0.05) is 31.4 Å². The van der Waals surface area contributed by atoms with Crippen molar-refractivity contribution in [3.8, 4) is 0 Å². The largest absolute Gasteiger partial charge is 0.310 e. The van der Waals surface area contributed by atoms with Gasteiger partial charge in [0.2, 0.25) is 0 Å². The average Bonchev–Trinajstić information content (AvgIpc) is 3.15. The summed E-state index contributed by atoms with van der Waals surface area (Å²) in [4.78, 5) is 0. The molecule has 0 amide bonds. The highest BCUT2D eigenvalue weighted by atomic mass is 35.5. The van der Waals surface area contributed by atoms with Crippen LogP contribution in [0.2, 0.25) is 5.02 Å². The van der Waals surface area contributed by atoms with Crippen LogP contribution in [0.25, 0.3) is 0 Å². The van der Waals surface area contributed by atoms with Gasteiger partial charge in [0.15, 0.2) is 11.6 Å². The number of hydrogen-bond acceptors (Lipinski definition) is 1. The summed E-state index contributed by atoms with van der Waals surface area (Å²) in [6.07, 6.45) is 5.11. The normalized spacial score (nSPS) is 29.9. The lowest BCUT2D eigenvalue weighted by Gasteiger charge is -2.20. The van der Waals surface area contributed by atoms with Gasteiger partial charge >= 0.3 is 0 Å². The number of rotatable bonds is 4. The van der Waals surface area contributed by atoms with Gasteiger partial charge in [0, 0.05) is 11.1 Å². The van der Waals surface area contributed by atoms with E-state index in [9.17, 15) is 8.78 Å². The van der Waals surface area contributed by atoms with Crippen molar-refractivity contribution in [2.24, 2.45) is 17.8 Å². The van der Waals surface area contributed by atoms with Crippen molar-refractivity contribution in [2.45, 2.75) is 38.6 Å². The highest BCUT2D eigenvalue weighted by molar-refractivity contribution is 6.31. The van der Waals surface area contributed by atoms with Gasteiger partial charge in [-0.2, -0.15) is 0 Å². The van der Waals surface area contributed by atoms with Gasteiger partial charge in [0.25, 0.3) is 0 Å². The summed E-state index contributed by atoms with van der Waals surface area (Å²) in [6, 6.07) is 2.42. The standard InChI is InChI=1S/C16H20ClF2N/c1-2-20-16(15-9-5-3-4-6-10(9)15)11-7-13(18)14(19)8-12(11)17/h7-10,15-16,20H,2-6H2,1H3. The number of benzene rings is 1. The molecule has 0 radical (unpaired) electrons. The topological polar surface area (TPSA) is 12.0 Å². The smallest absolute Gasteiger partial charge is 0.160 e. The van der Waals surface area contributed by atoms with Crippen molar-refractivity contribution in [3.05, 3.63) is 34.4 Å². The molecule has 3 atom stereocenters. The van der Waals surface area contributed by atoms with E-state index in [-0.39, 0.29) is 6.04 Å². The Labute approximate surface area is 123 Å². The van der Waals surface area contributed by atoms with E-state index < -0.39 is 11.6 Å². The van der Waals surface area contributed by atoms with Gasteiger partial charge in [-0.25, -0.2) is 8.78 Å². The molecule has 0 heterocycles. The van der Waals surface area contributed by atoms with E-state index in [2.05, 4.69) is 5.32 Å². The minimum atomic E-state index is -0.873. The highest BCUT2D eigenvalue weighted by Crippen LogP contribution is 2.60. The van der Waals surface area contributed by atoms with Gasteiger partial charge in [-0.05, 0) is 54.8 Å². The van der Waals surface area contributed by atoms with Crippen molar-refractivity contribution in [1.29, 1.82) is 0 Å². The summed E-state index contributed by atoms with van der Waals surface area (Å²) in [7, 11) is 0. The van der Waals surface area contributed by atoms with Crippen LogP contribution >= 0.6 is 11.6 Å². The molecule has 0 spiro atoms. The van der Waals surface area contributed by atoms with Gasteiger partial charge < -0.3 is 5.32 Å². The first-order chi connectivity index (χ1) is 9.63. The average molecular weight is 300 g/mol. The molecule has 20 heavy (non-hydrogen) atoms. The second kappa shape index (κ2) is 5.61. The maximum absolute atomic E-state index is 13.6. The Hall–Kier alpha value is -0.670. The van der Waals surface area contributed by atoms with Crippen LogP contribution in [0.15, 0.2) is 12.1 Å². The molecule has 1 N–H and O–H groups in total. The fourth-order valence-electron chi connectivity index (χ4n) is 3.99. The van der Waals surface area contributed by atoms with Crippen LogP contribution in [0.3, 0.4) is 0 Å². The van der Waals surface area contributed by atoms with Crippen molar-refractivity contribution in [1.82, 2.24) is 5.32 Å². The third-order valence-electron chi connectivity index (χ3n) is 4.91. The molecule has 4 heteroatoms. The molecule has 0 aromatic heterocycles. The van der Waals surface area contributed by atoms with Gasteiger partial charge in [-0.15, -0.1) is 0 Å². The molecule has 0 aliphatic heterocycles. The fraction of sp³-hybridized carbons (Fsp3) is 0.625. The number of halogens is 3. The maximum Gasteiger partial charge on any atom is 0.160 e. The summed E-state index contributed by atoms with van der Waals surface area (Å²) in [5.74, 6) is 0.312. The van der Waals surface area contributed by atoms with Gasteiger partial charge in [0.1, 0.15) is 0 Å². The monoisotopic (exact) mass is 299 g/mol. The zero-order valence-corrected chi connectivity index (χ0v) is 12.4. The second-order valence-corrected chi connectivity index (χ2v) is 6.42. The van der Waals surface area contributed by atoms with Crippen LogP contribution in [0.4, 0.5) is 8.78 Å². The third kappa shape index (κ3) is 2.46. The Balaban J connectivity index is 1.89. The molecule has 0 saturated heterocycles. The van der Waals surface area contributed by atoms with E-state index in [0.29, 0.717) is 16.5 Å². The van der Waals surface area contributed by atoms with Crippen LogP contribution in [-0.2, 0) is 0 Å². The van der Waals surface area contributed by atoms with Crippen molar-refractivity contribution in [3.63, 3.8) is 0 Å². The SMILES string of the molecule is CCNC(c1cc(F)c(F)cc1Cl)C1C2CCCCC21. The van der Waals surface area contributed by atoms with Crippen LogP contribution in [0.1, 0.15) is 44.2 Å². The number of fused-ring (bicyclic) bond motifs is 1. The Kier molecular flexibility index (Phi) is 4.00. The molecule has 0 bridgehead atoms. The predicted octanol–water partition coefficient (Wildman–Crippen LogP) is 4.71. The molecule has 1 aromatic rings. The summed E-state index contributed by atoms with van der Waals surface area (Å²) in [5.41, 5.74) is 0.715. The van der Waals surface area contributed by atoms with Gasteiger partial charge in [0.05, 0.1) is 0 Å². The molecule has 3 unspecified atom stereocenters. The molecule has 3 rings (SSSR count). The van der Waals surface area contributed by atoms with Gasteiger partial charge in [-0.3, -0.25) is 0 Å². The summed E-state index contributed by atoms with van der Waals surface area (Å²) >= 11 is 6.15. The lowest BCUT2D eigenvalue weighted by atomic mass is 9.99. The van der Waals surface area contributed by atoms with E-state index in [1.165, 1.54) is 31.7 Å². The molecule has 2 aliphatic rings. The first kappa shape index (κ1) is 14.3. The lowest BCUT2D eigenvalue weighted by Crippen LogP contribution is -2.24. The van der Waals surface area contributed by atoms with E-state index in [0.717, 1.165) is 24.4 Å². The van der Waals surface area contributed by atoms with E-state index in [1.54, 1.807) is 0 Å². The zero-order valence-electron chi connectivity index (χ0n) is 11.6. The summed E-state index contributed by atoms with van der Waals surface area (Å²) in [5, 5.41) is 3.76. The molecule has 2 saturated carbocycles. The summed E-state index contributed by atoms with van der Waals surface area (Å²) < 4.78 is 26.8. The lowest BCUT2D eigenvalue weighted by molar-refractivity contribution is 0.448. The van der Waals surface area contributed by atoms with Crippen molar-refractivity contribution >= 4 is 11.6 Å². The zero-order chi connectivity index (χ0) is 14.3. The molecular formula is C16H20ClF2N. The van der Waals surface area contributed by atoms with Crippen LogP contribution in [-0.4, -0.2) is 6.54 Å². The Morgan fingerprint density at radius 1 is 1.20 bits per heavy atom. The molecule has 1 aromatic carbocycles. The minimum absolute atomic E-state index is 0.0516. The predicted molar refractivity (Wildman–Crippen MR) is 76.7 cm³/mol. The van der Waals surface area contributed by atoms with E-state index in [1.807, 2.05) is 6.92 Å². The third-order valence-corrected chi connectivity index (χ3v) is 5.23. The highest BCUT2D eigenvalue weighted by Gasteiger charge is 2.54. The Bertz CT molecular complexity index is 493. The summed E-state index contributed by atoms with van der Waals surface area (Å²) in [6.45, 7) is 2.84. The first-order valence-corrected chi connectivity index (χ1v) is 7.89. The van der Waals surface area contributed by atoms with Crippen LogP contribution < -0.4 is 5.32 Å². The number of nitrogens with one attached hydrogen (secondary N) is 1. The fourth-order valence-corrected chi connectivity index (χ4v) is 4.26. The molecule has 2 fully saturated rings. The molecular weight excluding hydrogens is 280 g/mol. The van der Waals surface area contributed by atoms with E-state index >= 15 is 0 Å². The molecule has 2 aliphatic carbocycles. The first-order valence-electron chi connectivity index (χ1n) is 7.51. The quantitative estimate of drug-likeness (QED) is 0.794.